The van der Waals surface area contributed by atoms with E-state index in [0.29, 0.717) is 0 Å². The normalized spacial score (nSPS) is 21.1. The number of carboxylic acids is 1. The summed E-state index contributed by atoms with van der Waals surface area (Å²) in [5.41, 5.74) is 0. The van der Waals surface area contributed by atoms with E-state index in [-0.39, 0.29) is 6.04 Å². The topological polar surface area (TPSA) is 40.5 Å². The van der Waals surface area contributed by atoms with Gasteiger partial charge in [0.15, 0.2) is 0 Å². The lowest BCUT2D eigenvalue weighted by atomic mass is 10.0. The number of hydrogen-bond acceptors (Lipinski definition) is 2. The van der Waals surface area contributed by atoms with Gasteiger partial charge in [0.1, 0.15) is 6.04 Å². The molecule has 0 spiro atoms. The van der Waals surface area contributed by atoms with Crippen molar-refractivity contribution in [2.45, 2.75) is 64.3 Å². The van der Waals surface area contributed by atoms with Crippen molar-refractivity contribution in [3.8, 4) is 0 Å². The maximum Gasteiger partial charge on any atom is 0.320 e. The molecule has 3 nitrogen and oxygen atoms in total. The molecule has 1 heterocycles. The van der Waals surface area contributed by atoms with Crippen molar-refractivity contribution in [3.05, 3.63) is 0 Å². The van der Waals surface area contributed by atoms with E-state index >= 15 is 0 Å². The van der Waals surface area contributed by atoms with Gasteiger partial charge >= 0.3 is 5.97 Å². The summed E-state index contributed by atoms with van der Waals surface area (Å²) in [6, 6.07) is -0.238. The highest BCUT2D eigenvalue weighted by atomic mass is 16.4. The summed E-state index contributed by atoms with van der Waals surface area (Å²) in [5.74, 6) is -0.631. The van der Waals surface area contributed by atoms with Gasteiger partial charge in [-0.2, -0.15) is 0 Å². The zero-order valence-corrected chi connectivity index (χ0v) is 10.5. The van der Waals surface area contributed by atoms with Gasteiger partial charge < -0.3 is 5.11 Å². The average Bonchev–Trinajstić information content (AvgIpc) is 2.20. The van der Waals surface area contributed by atoms with Gasteiger partial charge in [-0.3, -0.25) is 9.69 Å². The minimum atomic E-state index is -0.631. The van der Waals surface area contributed by atoms with E-state index in [9.17, 15) is 9.90 Å². The number of aliphatic carboxylic acids is 1. The first-order valence-corrected chi connectivity index (χ1v) is 6.72. The Kier molecular flexibility index (Phi) is 6.46. The molecule has 3 heteroatoms. The zero-order chi connectivity index (χ0) is 11.8. The third-order valence-electron chi connectivity index (χ3n) is 3.45. The van der Waals surface area contributed by atoms with Crippen LogP contribution in [0.15, 0.2) is 0 Å². The summed E-state index contributed by atoms with van der Waals surface area (Å²) < 4.78 is 0. The van der Waals surface area contributed by atoms with Crippen molar-refractivity contribution in [1.29, 1.82) is 0 Å². The van der Waals surface area contributed by atoms with Gasteiger partial charge in [0.05, 0.1) is 0 Å². The number of likely N-dealkylation sites (tertiary alicyclic amines) is 1. The second-order valence-electron chi connectivity index (χ2n) is 4.80. The molecule has 0 aromatic heterocycles. The largest absolute Gasteiger partial charge is 0.480 e. The molecule has 0 radical (unpaired) electrons. The number of nitrogens with zero attached hydrogens (tertiary/aromatic N) is 1. The number of carboxylic acid groups (broad SMARTS) is 1. The van der Waals surface area contributed by atoms with Gasteiger partial charge in [0.25, 0.3) is 0 Å². The predicted molar refractivity (Wildman–Crippen MR) is 65.6 cm³/mol. The van der Waals surface area contributed by atoms with Gasteiger partial charge in [-0.15, -0.1) is 0 Å². The zero-order valence-electron chi connectivity index (χ0n) is 10.5. The molecule has 1 atom stereocenters. The van der Waals surface area contributed by atoms with Gasteiger partial charge in [-0.25, -0.2) is 0 Å². The van der Waals surface area contributed by atoms with Gasteiger partial charge in [0, 0.05) is 0 Å². The Morgan fingerprint density at radius 1 is 1.19 bits per heavy atom. The molecule has 16 heavy (non-hydrogen) atoms. The van der Waals surface area contributed by atoms with Crippen LogP contribution < -0.4 is 0 Å². The lowest BCUT2D eigenvalue weighted by molar-refractivity contribution is -0.143. The highest BCUT2D eigenvalue weighted by molar-refractivity contribution is 5.73. The number of hydrogen-bond donors (Lipinski definition) is 1. The van der Waals surface area contributed by atoms with Crippen LogP contribution in [0.2, 0.25) is 0 Å². The number of unbranched alkanes of at least 4 members (excludes halogenated alkanes) is 1. The van der Waals surface area contributed by atoms with E-state index in [0.717, 1.165) is 45.2 Å². The van der Waals surface area contributed by atoms with E-state index < -0.39 is 5.97 Å². The Hall–Kier alpha value is -0.570. The quantitative estimate of drug-likeness (QED) is 0.785. The van der Waals surface area contributed by atoms with Crippen LogP contribution in [0.5, 0.6) is 0 Å². The van der Waals surface area contributed by atoms with Crippen molar-refractivity contribution in [1.82, 2.24) is 4.90 Å². The maximum absolute atomic E-state index is 11.3. The second kappa shape index (κ2) is 7.66. The van der Waals surface area contributed by atoms with Crippen LogP contribution in [-0.4, -0.2) is 35.1 Å². The Morgan fingerprint density at radius 2 is 1.75 bits per heavy atom. The van der Waals surface area contributed by atoms with E-state index in [4.69, 9.17) is 0 Å². The van der Waals surface area contributed by atoms with Crippen molar-refractivity contribution in [2.24, 2.45) is 0 Å². The van der Waals surface area contributed by atoms with Crippen molar-refractivity contribution < 1.29 is 9.90 Å². The Labute approximate surface area is 98.8 Å². The van der Waals surface area contributed by atoms with Crippen molar-refractivity contribution >= 4 is 5.97 Å². The third-order valence-corrected chi connectivity index (χ3v) is 3.45. The molecule has 0 aromatic rings. The molecule has 1 N–H and O–H groups in total. The SMILES string of the molecule is CCCCC(C(=O)O)N1CCCCCCC1. The smallest absolute Gasteiger partial charge is 0.320 e. The van der Waals surface area contributed by atoms with Crippen LogP contribution in [0.1, 0.15) is 58.3 Å². The Morgan fingerprint density at radius 3 is 2.25 bits per heavy atom. The lowest BCUT2D eigenvalue weighted by Crippen LogP contribution is -2.42. The fourth-order valence-electron chi connectivity index (χ4n) is 2.44. The molecular formula is C13H25NO2. The third kappa shape index (κ3) is 4.52. The molecular weight excluding hydrogens is 202 g/mol. The second-order valence-corrected chi connectivity index (χ2v) is 4.80. The van der Waals surface area contributed by atoms with E-state index in [1.165, 1.54) is 19.3 Å². The minimum Gasteiger partial charge on any atom is -0.480 e. The minimum absolute atomic E-state index is 0.238. The van der Waals surface area contributed by atoms with Crippen LogP contribution in [0.3, 0.4) is 0 Å². The van der Waals surface area contributed by atoms with Crippen molar-refractivity contribution in [3.63, 3.8) is 0 Å². The van der Waals surface area contributed by atoms with Crippen LogP contribution in [0.25, 0.3) is 0 Å². The number of carbonyl (C=O) groups is 1. The highest BCUT2D eigenvalue weighted by Crippen LogP contribution is 2.16. The molecule has 0 aromatic carbocycles. The fourth-order valence-corrected chi connectivity index (χ4v) is 2.44. The summed E-state index contributed by atoms with van der Waals surface area (Å²) in [6.45, 7) is 4.06. The predicted octanol–water partition coefficient (Wildman–Crippen LogP) is 2.90. The van der Waals surface area contributed by atoms with E-state index in [1.54, 1.807) is 0 Å². The van der Waals surface area contributed by atoms with Crippen LogP contribution in [0, 0.1) is 0 Å². The van der Waals surface area contributed by atoms with Crippen molar-refractivity contribution in [2.75, 3.05) is 13.1 Å². The summed E-state index contributed by atoms with van der Waals surface area (Å²) in [6.07, 6.45) is 9.08. The molecule has 1 rings (SSSR count). The summed E-state index contributed by atoms with van der Waals surface area (Å²) in [7, 11) is 0. The van der Waals surface area contributed by atoms with Gasteiger partial charge in [-0.05, 0) is 32.4 Å². The Bertz CT molecular complexity index is 198. The van der Waals surface area contributed by atoms with Gasteiger partial charge in [-0.1, -0.05) is 39.0 Å². The maximum atomic E-state index is 11.3. The molecule has 0 aliphatic carbocycles. The first kappa shape index (κ1) is 13.5. The highest BCUT2D eigenvalue weighted by Gasteiger charge is 2.24. The molecule has 1 unspecified atom stereocenters. The van der Waals surface area contributed by atoms with E-state index in [2.05, 4.69) is 11.8 Å². The first-order chi connectivity index (χ1) is 7.75. The summed E-state index contributed by atoms with van der Waals surface area (Å²) >= 11 is 0. The molecule has 1 aliphatic rings. The first-order valence-electron chi connectivity index (χ1n) is 6.72. The van der Waals surface area contributed by atoms with Crippen LogP contribution >= 0.6 is 0 Å². The summed E-state index contributed by atoms with van der Waals surface area (Å²) in [5, 5.41) is 9.27. The van der Waals surface area contributed by atoms with Crippen LogP contribution in [-0.2, 0) is 4.79 Å². The molecule has 1 aliphatic heterocycles. The standard InChI is InChI=1S/C13H25NO2/c1-2-3-9-12(13(15)16)14-10-7-5-4-6-8-11-14/h12H,2-11H2,1H3,(H,15,16). The van der Waals surface area contributed by atoms with Crippen LogP contribution in [0.4, 0.5) is 0 Å². The molecule has 0 bridgehead atoms. The monoisotopic (exact) mass is 227 g/mol. The fraction of sp³-hybridized carbons (Fsp3) is 0.923. The van der Waals surface area contributed by atoms with E-state index in [1.807, 2.05) is 0 Å². The molecule has 94 valence electrons. The average molecular weight is 227 g/mol. The molecule has 1 saturated heterocycles. The molecule has 0 saturated carbocycles. The lowest BCUT2D eigenvalue weighted by Gasteiger charge is -2.30. The summed E-state index contributed by atoms with van der Waals surface area (Å²) in [4.78, 5) is 13.5. The molecule has 1 fully saturated rings. The van der Waals surface area contributed by atoms with Gasteiger partial charge in [0.2, 0.25) is 0 Å². The molecule has 0 amide bonds. The Balaban J connectivity index is 2.48. The number of rotatable bonds is 5.